The highest BCUT2D eigenvalue weighted by Crippen LogP contribution is 2.14. The predicted molar refractivity (Wildman–Crippen MR) is 86.4 cm³/mol. The Labute approximate surface area is 143 Å². The normalized spacial score (nSPS) is 24.4. The van der Waals surface area contributed by atoms with Crippen LogP contribution in [0.4, 0.5) is 4.79 Å². The van der Waals surface area contributed by atoms with Gasteiger partial charge in [0, 0.05) is 24.9 Å². The van der Waals surface area contributed by atoms with Gasteiger partial charge in [-0.25, -0.2) is 9.78 Å². The number of carbonyl (C=O) groups is 3. The average molecular weight is 352 g/mol. The molecule has 3 amide bonds. The molecule has 2 unspecified atom stereocenters. The minimum absolute atomic E-state index is 0.105. The zero-order chi connectivity index (χ0) is 17.1. The summed E-state index contributed by atoms with van der Waals surface area (Å²) in [6.45, 7) is 3.06. The summed E-state index contributed by atoms with van der Waals surface area (Å²) in [5.41, 5.74) is 2.46. The molecular formula is C15H20N4O4S. The first kappa shape index (κ1) is 16.7. The Balaban J connectivity index is 1.70. The van der Waals surface area contributed by atoms with Crippen molar-refractivity contribution in [3.05, 3.63) is 16.6 Å². The molecule has 8 nitrogen and oxygen atoms in total. The maximum absolute atomic E-state index is 12.7. The third-order valence-corrected chi connectivity index (χ3v) is 4.88. The monoisotopic (exact) mass is 352 g/mol. The van der Waals surface area contributed by atoms with Gasteiger partial charge in [-0.05, 0) is 19.8 Å². The summed E-state index contributed by atoms with van der Waals surface area (Å²) in [6, 6.07) is -1.48. The highest BCUT2D eigenvalue weighted by atomic mass is 32.1. The smallest absolute Gasteiger partial charge is 0.408 e. The first-order valence-electron chi connectivity index (χ1n) is 7.98. The van der Waals surface area contributed by atoms with E-state index in [4.69, 9.17) is 4.74 Å². The third kappa shape index (κ3) is 3.66. The van der Waals surface area contributed by atoms with Crippen molar-refractivity contribution >= 4 is 29.2 Å². The minimum atomic E-state index is -0.790. The zero-order valence-corrected chi connectivity index (χ0v) is 14.2. The highest BCUT2D eigenvalue weighted by Gasteiger charge is 2.38. The number of alkyl carbamates (subject to hydrolysis) is 1. The van der Waals surface area contributed by atoms with Crippen LogP contribution in [0.5, 0.6) is 0 Å². The van der Waals surface area contributed by atoms with Crippen LogP contribution in [0.2, 0.25) is 0 Å². The zero-order valence-electron chi connectivity index (χ0n) is 13.4. The molecule has 0 radical (unpaired) electrons. The lowest BCUT2D eigenvalue weighted by atomic mass is 10.1. The number of thiazole rings is 1. The van der Waals surface area contributed by atoms with Crippen molar-refractivity contribution < 1.29 is 19.1 Å². The second-order valence-corrected chi connectivity index (χ2v) is 6.73. The molecule has 2 fully saturated rings. The van der Waals surface area contributed by atoms with Crippen molar-refractivity contribution in [2.45, 2.75) is 44.4 Å². The molecule has 3 atom stereocenters. The molecule has 9 heteroatoms. The fraction of sp³-hybridized carbons (Fsp3) is 0.600. The molecule has 2 aliphatic rings. The molecule has 2 N–H and O–H groups in total. The standard InChI is InChI=1S/C15H20N4O4S/c1-9-12(18-15(22)23-9)13(20)17-11(6-10-7-24-8-16-10)14(21)19-4-2-3-5-19/h7-9,11-12H,2-6H2,1H3,(H,17,20)(H,18,22)/t9?,11-,12?/m0/s1. The van der Waals surface area contributed by atoms with Gasteiger partial charge in [0.05, 0.1) is 11.2 Å². The lowest BCUT2D eigenvalue weighted by Gasteiger charge is -2.25. The van der Waals surface area contributed by atoms with Crippen molar-refractivity contribution in [2.24, 2.45) is 0 Å². The fourth-order valence-electron chi connectivity index (χ4n) is 2.96. The van der Waals surface area contributed by atoms with Gasteiger partial charge in [0.1, 0.15) is 18.2 Å². The molecule has 2 aliphatic heterocycles. The van der Waals surface area contributed by atoms with E-state index >= 15 is 0 Å². The van der Waals surface area contributed by atoms with E-state index in [1.807, 2.05) is 5.38 Å². The van der Waals surface area contributed by atoms with Gasteiger partial charge < -0.3 is 20.3 Å². The van der Waals surface area contributed by atoms with E-state index in [2.05, 4.69) is 15.6 Å². The van der Waals surface area contributed by atoms with E-state index in [0.717, 1.165) is 18.5 Å². The number of ether oxygens (including phenoxy) is 1. The summed E-state index contributed by atoms with van der Waals surface area (Å²) in [5.74, 6) is -0.520. The van der Waals surface area contributed by atoms with Crippen LogP contribution in [-0.4, -0.2) is 59.1 Å². The number of hydrogen-bond acceptors (Lipinski definition) is 6. The molecule has 0 saturated carbocycles. The van der Waals surface area contributed by atoms with Gasteiger partial charge in [0.2, 0.25) is 11.8 Å². The van der Waals surface area contributed by atoms with Crippen LogP contribution >= 0.6 is 11.3 Å². The maximum atomic E-state index is 12.7. The van der Waals surface area contributed by atoms with Crippen molar-refractivity contribution in [2.75, 3.05) is 13.1 Å². The molecule has 1 aromatic rings. The Morgan fingerprint density at radius 1 is 1.50 bits per heavy atom. The number of cyclic esters (lactones) is 1. The second kappa shape index (κ2) is 7.16. The van der Waals surface area contributed by atoms with E-state index < -0.39 is 30.2 Å². The minimum Gasteiger partial charge on any atom is -0.444 e. The van der Waals surface area contributed by atoms with Crippen LogP contribution in [-0.2, 0) is 20.7 Å². The lowest BCUT2D eigenvalue weighted by Crippen LogP contribution is -2.54. The van der Waals surface area contributed by atoms with E-state index in [9.17, 15) is 14.4 Å². The molecule has 0 bridgehead atoms. The summed E-state index contributed by atoms with van der Waals surface area (Å²) in [6.07, 6.45) is 1.10. The molecule has 3 heterocycles. The van der Waals surface area contributed by atoms with Crippen LogP contribution in [0.3, 0.4) is 0 Å². The molecule has 24 heavy (non-hydrogen) atoms. The highest BCUT2D eigenvalue weighted by molar-refractivity contribution is 7.07. The molecule has 130 valence electrons. The van der Waals surface area contributed by atoms with E-state index in [0.29, 0.717) is 19.5 Å². The van der Waals surface area contributed by atoms with Crippen molar-refractivity contribution in [3.8, 4) is 0 Å². The van der Waals surface area contributed by atoms with Crippen LogP contribution in [0, 0.1) is 0 Å². The van der Waals surface area contributed by atoms with Crippen LogP contribution in [0.1, 0.15) is 25.5 Å². The summed E-state index contributed by atoms with van der Waals surface area (Å²) >= 11 is 1.44. The maximum Gasteiger partial charge on any atom is 0.408 e. The van der Waals surface area contributed by atoms with Gasteiger partial charge >= 0.3 is 6.09 Å². The van der Waals surface area contributed by atoms with E-state index in [-0.39, 0.29) is 5.91 Å². The van der Waals surface area contributed by atoms with Crippen LogP contribution in [0.25, 0.3) is 0 Å². The Morgan fingerprint density at radius 2 is 2.25 bits per heavy atom. The van der Waals surface area contributed by atoms with Crippen LogP contribution in [0.15, 0.2) is 10.9 Å². The SMILES string of the molecule is CC1OC(=O)NC1C(=O)N[C@@H](Cc1cscn1)C(=O)N1CCCC1. The van der Waals surface area contributed by atoms with Crippen molar-refractivity contribution in [1.82, 2.24) is 20.5 Å². The van der Waals surface area contributed by atoms with Gasteiger partial charge in [-0.15, -0.1) is 11.3 Å². The van der Waals surface area contributed by atoms with Crippen LogP contribution < -0.4 is 10.6 Å². The third-order valence-electron chi connectivity index (χ3n) is 4.25. The molecule has 0 spiro atoms. The number of nitrogens with zero attached hydrogens (tertiary/aromatic N) is 2. The number of likely N-dealkylation sites (tertiary alicyclic amines) is 1. The Kier molecular flexibility index (Phi) is 4.98. The molecule has 0 aromatic carbocycles. The van der Waals surface area contributed by atoms with Gasteiger partial charge in [-0.3, -0.25) is 9.59 Å². The van der Waals surface area contributed by atoms with Gasteiger partial charge in [0.25, 0.3) is 0 Å². The first-order chi connectivity index (χ1) is 11.5. The lowest BCUT2D eigenvalue weighted by molar-refractivity contribution is -0.136. The molecule has 2 saturated heterocycles. The topological polar surface area (TPSA) is 101 Å². The largest absolute Gasteiger partial charge is 0.444 e. The Morgan fingerprint density at radius 3 is 2.83 bits per heavy atom. The first-order valence-corrected chi connectivity index (χ1v) is 8.92. The number of aromatic nitrogens is 1. The van der Waals surface area contributed by atoms with E-state index in [1.54, 1.807) is 17.3 Å². The summed E-state index contributed by atoms with van der Waals surface area (Å²) < 4.78 is 4.93. The van der Waals surface area contributed by atoms with Crippen molar-refractivity contribution in [1.29, 1.82) is 0 Å². The molecular weight excluding hydrogens is 332 g/mol. The van der Waals surface area contributed by atoms with Gasteiger partial charge in [-0.1, -0.05) is 0 Å². The average Bonchev–Trinajstić information content (AvgIpc) is 3.27. The van der Waals surface area contributed by atoms with Gasteiger partial charge in [0.15, 0.2) is 0 Å². The number of carbonyl (C=O) groups excluding carboxylic acids is 3. The Hall–Kier alpha value is -2.16. The van der Waals surface area contributed by atoms with E-state index in [1.165, 1.54) is 11.3 Å². The molecule has 3 rings (SSSR count). The number of rotatable bonds is 5. The summed E-state index contributed by atoms with van der Waals surface area (Å²) in [7, 11) is 0. The van der Waals surface area contributed by atoms with Crippen molar-refractivity contribution in [3.63, 3.8) is 0 Å². The fourth-order valence-corrected chi connectivity index (χ4v) is 3.53. The summed E-state index contributed by atoms with van der Waals surface area (Å²) in [5, 5.41) is 7.09. The number of nitrogens with one attached hydrogen (secondary N) is 2. The van der Waals surface area contributed by atoms with Gasteiger partial charge in [-0.2, -0.15) is 0 Å². The predicted octanol–water partition coefficient (Wildman–Crippen LogP) is 0.290. The Bertz CT molecular complexity index is 615. The number of hydrogen-bond donors (Lipinski definition) is 2. The second-order valence-electron chi connectivity index (χ2n) is 6.01. The molecule has 0 aliphatic carbocycles. The number of amides is 3. The quantitative estimate of drug-likeness (QED) is 0.793. The molecule has 1 aromatic heterocycles. The summed E-state index contributed by atoms with van der Waals surface area (Å²) in [4.78, 5) is 42.4.